The number of hydrogen-bond acceptors (Lipinski definition) is 2. The van der Waals surface area contributed by atoms with E-state index in [-0.39, 0.29) is 0 Å². The molecule has 0 spiro atoms. The fraction of sp³-hybridized carbons (Fsp3) is 1.00. The van der Waals surface area contributed by atoms with E-state index in [9.17, 15) is 0 Å². The molecule has 14 heavy (non-hydrogen) atoms. The van der Waals surface area contributed by atoms with Crippen LogP contribution in [-0.4, -0.2) is 25.4 Å². The van der Waals surface area contributed by atoms with Gasteiger partial charge in [0.05, 0.1) is 25.4 Å². The van der Waals surface area contributed by atoms with E-state index in [0.717, 1.165) is 13.2 Å². The Morgan fingerprint density at radius 3 is 1.43 bits per heavy atom. The average Bonchev–Trinajstić information content (AvgIpc) is 2.59. The van der Waals surface area contributed by atoms with Gasteiger partial charge in [-0.2, -0.15) is 0 Å². The van der Waals surface area contributed by atoms with Gasteiger partial charge in [-0.05, 0) is 11.8 Å². The SMILES string of the molecule is CC(C)[C@H]1COC2C1OC[C@@H]2C(C)C. The molecular weight excluding hydrogens is 176 g/mol. The second-order valence-electron chi connectivity index (χ2n) is 5.41. The fourth-order valence-corrected chi connectivity index (χ4v) is 2.70. The number of ether oxygens (including phenoxy) is 2. The molecule has 0 amide bonds. The summed E-state index contributed by atoms with van der Waals surface area (Å²) < 4.78 is 11.8. The Kier molecular flexibility index (Phi) is 2.85. The van der Waals surface area contributed by atoms with E-state index in [4.69, 9.17) is 9.47 Å². The summed E-state index contributed by atoms with van der Waals surface area (Å²) in [6.45, 7) is 10.9. The maximum atomic E-state index is 5.90. The first kappa shape index (κ1) is 10.4. The Labute approximate surface area is 87.0 Å². The summed E-state index contributed by atoms with van der Waals surface area (Å²) in [4.78, 5) is 0. The zero-order chi connectivity index (χ0) is 10.3. The summed E-state index contributed by atoms with van der Waals surface area (Å²) in [5.41, 5.74) is 0. The molecule has 4 atom stereocenters. The highest BCUT2D eigenvalue weighted by Gasteiger charge is 2.48. The van der Waals surface area contributed by atoms with E-state index in [2.05, 4.69) is 27.7 Å². The lowest BCUT2D eigenvalue weighted by atomic mass is 9.85. The molecule has 2 nitrogen and oxygen atoms in total. The second-order valence-corrected chi connectivity index (χ2v) is 5.41. The molecule has 0 bridgehead atoms. The minimum Gasteiger partial charge on any atom is -0.375 e. The van der Waals surface area contributed by atoms with Gasteiger partial charge >= 0.3 is 0 Å². The molecule has 2 aliphatic heterocycles. The first-order chi connectivity index (χ1) is 6.61. The van der Waals surface area contributed by atoms with Crippen LogP contribution in [0.2, 0.25) is 0 Å². The molecule has 0 aromatic heterocycles. The third kappa shape index (κ3) is 1.59. The smallest absolute Gasteiger partial charge is 0.0893 e. The maximum absolute atomic E-state index is 5.90. The van der Waals surface area contributed by atoms with Crippen LogP contribution in [0.25, 0.3) is 0 Å². The quantitative estimate of drug-likeness (QED) is 0.678. The number of rotatable bonds is 2. The molecule has 0 saturated carbocycles. The molecule has 2 fully saturated rings. The van der Waals surface area contributed by atoms with E-state index >= 15 is 0 Å². The zero-order valence-electron chi connectivity index (χ0n) is 9.69. The van der Waals surface area contributed by atoms with Gasteiger partial charge in [0.15, 0.2) is 0 Å². The van der Waals surface area contributed by atoms with Gasteiger partial charge in [-0.3, -0.25) is 0 Å². The Morgan fingerprint density at radius 1 is 0.786 bits per heavy atom. The van der Waals surface area contributed by atoms with Gasteiger partial charge in [0.1, 0.15) is 0 Å². The van der Waals surface area contributed by atoms with Crippen LogP contribution in [0.4, 0.5) is 0 Å². The van der Waals surface area contributed by atoms with Gasteiger partial charge < -0.3 is 9.47 Å². The van der Waals surface area contributed by atoms with Crippen molar-refractivity contribution in [2.24, 2.45) is 23.7 Å². The van der Waals surface area contributed by atoms with E-state index in [1.165, 1.54) is 0 Å². The largest absolute Gasteiger partial charge is 0.375 e. The molecule has 0 aromatic carbocycles. The standard InChI is InChI=1S/C12H22O2/c1-7(2)9-5-13-12-10(8(3)4)6-14-11(9)12/h7-12H,5-6H2,1-4H3/t9-,10-,11?,12?/m1/s1. The third-order valence-electron chi connectivity index (χ3n) is 3.84. The van der Waals surface area contributed by atoms with Crippen molar-refractivity contribution in [3.8, 4) is 0 Å². The Hall–Kier alpha value is -0.0800. The Morgan fingerprint density at radius 2 is 1.14 bits per heavy atom. The lowest BCUT2D eigenvalue weighted by Gasteiger charge is -2.20. The van der Waals surface area contributed by atoms with Crippen LogP contribution >= 0.6 is 0 Å². The first-order valence-corrected chi connectivity index (χ1v) is 5.84. The van der Waals surface area contributed by atoms with Crippen LogP contribution in [0.15, 0.2) is 0 Å². The van der Waals surface area contributed by atoms with Gasteiger partial charge in [0, 0.05) is 11.8 Å². The van der Waals surface area contributed by atoms with Crippen molar-refractivity contribution in [2.75, 3.05) is 13.2 Å². The summed E-state index contributed by atoms with van der Waals surface area (Å²) in [6, 6.07) is 0. The Balaban J connectivity index is 2.04. The maximum Gasteiger partial charge on any atom is 0.0893 e. The van der Waals surface area contributed by atoms with Crippen LogP contribution in [0, 0.1) is 23.7 Å². The molecule has 2 aliphatic rings. The lowest BCUT2D eigenvalue weighted by Crippen LogP contribution is -2.30. The molecule has 2 rings (SSSR count). The summed E-state index contributed by atoms with van der Waals surface area (Å²) in [5.74, 6) is 2.58. The monoisotopic (exact) mass is 198 g/mol. The van der Waals surface area contributed by atoms with Crippen molar-refractivity contribution in [3.05, 3.63) is 0 Å². The van der Waals surface area contributed by atoms with Crippen LogP contribution in [0.1, 0.15) is 27.7 Å². The van der Waals surface area contributed by atoms with Crippen LogP contribution in [0.3, 0.4) is 0 Å². The van der Waals surface area contributed by atoms with Gasteiger partial charge in [-0.25, -0.2) is 0 Å². The van der Waals surface area contributed by atoms with E-state index in [0.29, 0.717) is 35.9 Å². The van der Waals surface area contributed by atoms with Crippen molar-refractivity contribution >= 4 is 0 Å². The molecule has 2 saturated heterocycles. The first-order valence-electron chi connectivity index (χ1n) is 5.84. The Bertz CT molecular complexity index is 178. The average molecular weight is 198 g/mol. The van der Waals surface area contributed by atoms with Gasteiger partial charge in [-0.1, -0.05) is 27.7 Å². The van der Waals surface area contributed by atoms with E-state index < -0.39 is 0 Å². The van der Waals surface area contributed by atoms with E-state index in [1.807, 2.05) is 0 Å². The molecule has 0 radical (unpaired) electrons. The van der Waals surface area contributed by atoms with Crippen molar-refractivity contribution in [1.82, 2.24) is 0 Å². The third-order valence-corrected chi connectivity index (χ3v) is 3.84. The van der Waals surface area contributed by atoms with Gasteiger partial charge in [-0.15, -0.1) is 0 Å². The molecule has 2 heterocycles. The summed E-state index contributed by atoms with van der Waals surface area (Å²) in [6.07, 6.45) is 0.754. The van der Waals surface area contributed by atoms with Gasteiger partial charge in [0.25, 0.3) is 0 Å². The normalized spacial score (nSPS) is 42.4. The van der Waals surface area contributed by atoms with E-state index in [1.54, 1.807) is 0 Å². The molecular formula is C12H22O2. The minimum absolute atomic E-state index is 0.377. The van der Waals surface area contributed by atoms with Crippen molar-refractivity contribution in [3.63, 3.8) is 0 Å². The molecule has 0 N–H and O–H groups in total. The van der Waals surface area contributed by atoms with Gasteiger partial charge in [0.2, 0.25) is 0 Å². The molecule has 2 heteroatoms. The highest BCUT2D eigenvalue weighted by Crippen LogP contribution is 2.40. The lowest BCUT2D eigenvalue weighted by molar-refractivity contribution is 0.0537. The number of fused-ring (bicyclic) bond motifs is 1. The minimum atomic E-state index is 0.377. The summed E-state index contributed by atoms with van der Waals surface area (Å²) >= 11 is 0. The predicted octanol–water partition coefficient (Wildman–Crippen LogP) is 2.33. The van der Waals surface area contributed by atoms with Crippen LogP contribution < -0.4 is 0 Å². The predicted molar refractivity (Wildman–Crippen MR) is 56.1 cm³/mol. The van der Waals surface area contributed by atoms with Crippen LogP contribution in [0.5, 0.6) is 0 Å². The zero-order valence-corrected chi connectivity index (χ0v) is 9.69. The van der Waals surface area contributed by atoms with Crippen molar-refractivity contribution < 1.29 is 9.47 Å². The topological polar surface area (TPSA) is 18.5 Å². The summed E-state index contributed by atoms with van der Waals surface area (Å²) in [7, 11) is 0. The highest BCUT2D eigenvalue weighted by atomic mass is 16.6. The molecule has 0 aliphatic carbocycles. The second kappa shape index (κ2) is 3.82. The fourth-order valence-electron chi connectivity index (χ4n) is 2.70. The molecule has 0 aromatic rings. The van der Waals surface area contributed by atoms with Crippen molar-refractivity contribution in [1.29, 1.82) is 0 Å². The molecule has 2 unspecified atom stereocenters. The summed E-state index contributed by atoms with van der Waals surface area (Å²) in [5, 5.41) is 0. The van der Waals surface area contributed by atoms with Crippen molar-refractivity contribution in [2.45, 2.75) is 39.9 Å². The highest BCUT2D eigenvalue weighted by molar-refractivity contribution is 4.95. The van der Waals surface area contributed by atoms with Crippen LogP contribution in [-0.2, 0) is 9.47 Å². The molecule has 82 valence electrons. The number of hydrogen-bond donors (Lipinski definition) is 0.